The molecule has 2 saturated heterocycles. The summed E-state index contributed by atoms with van der Waals surface area (Å²) in [4.78, 5) is 39.4. The lowest BCUT2D eigenvalue weighted by Crippen LogP contribution is -2.48. The van der Waals surface area contributed by atoms with Gasteiger partial charge in [-0.1, -0.05) is 0 Å². The average molecular weight is 360 g/mol. The number of likely N-dealkylation sites (tertiary alicyclic amines) is 2. The largest absolute Gasteiger partial charge is 0.478 e. The number of urea groups is 1. The summed E-state index contributed by atoms with van der Waals surface area (Å²) >= 11 is 0. The minimum absolute atomic E-state index is 0.0728. The van der Waals surface area contributed by atoms with E-state index >= 15 is 0 Å². The second-order valence-corrected chi connectivity index (χ2v) is 6.98. The van der Waals surface area contributed by atoms with Gasteiger partial charge in [0.15, 0.2) is 0 Å². The van der Waals surface area contributed by atoms with E-state index < -0.39 is 5.97 Å². The Kier molecular flexibility index (Phi) is 5.41. The van der Waals surface area contributed by atoms with Gasteiger partial charge in [-0.2, -0.15) is 0 Å². The molecular formula is C18H24N4O4. The van der Waals surface area contributed by atoms with Gasteiger partial charge in [-0.3, -0.25) is 4.79 Å². The second-order valence-electron chi connectivity index (χ2n) is 6.98. The van der Waals surface area contributed by atoms with Gasteiger partial charge in [-0.15, -0.1) is 0 Å². The standard InChI is InChI=1S/C18H24N4O4/c1-21-8-6-14(10-21)19-18(26)20-15-7-9-22(11-15)16(23)12-2-4-13(5-3-12)17(24)25/h2-5,14-15H,6-11H2,1H3,(H,24,25)(H2,19,20,26)/t14-,15-/m1/s1. The van der Waals surface area contributed by atoms with Crippen molar-refractivity contribution < 1.29 is 19.5 Å². The average Bonchev–Trinajstić information content (AvgIpc) is 3.23. The highest BCUT2D eigenvalue weighted by Gasteiger charge is 2.29. The number of likely N-dealkylation sites (N-methyl/N-ethyl adjacent to an activating group) is 1. The number of nitrogens with one attached hydrogen (secondary N) is 2. The molecule has 2 aliphatic rings. The molecule has 0 radical (unpaired) electrons. The molecule has 0 spiro atoms. The van der Waals surface area contributed by atoms with Crippen molar-refractivity contribution in [2.45, 2.75) is 24.9 Å². The molecule has 1 aromatic rings. The summed E-state index contributed by atoms with van der Waals surface area (Å²) in [7, 11) is 2.03. The highest BCUT2D eigenvalue weighted by atomic mass is 16.4. The Balaban J connectivity index is 1.49. The van der Waals surface area contributed by atoms with Crippen LogP contribution in [0, 0.1) is 0 Å². The van der Waals surface area contributed by atoms with Gasteiger partial charge in [-0.25, -0.2) is 9.59 Å². The fourth-order valence-corrected chi connectivity index (χ4v) is 3.47. The van der Waals surface area contributed by atoms with Crippen molar-refractivity contribution >= 4 is 17.9 Å². The van der Waals surface area contributed by atoms with Crippen LogP contribution in [0.3, 0.4) is 0 Å². The van der Waals surface area contributed by atoms with Crippen LogP contribution in [0.15, 0.2) is 24.3 Å². The molecule has 0 unspecified atom stereocenters. The molecule has 0 bridgehead atoms. The number of carbonyl (C=O) groups is 3. The van der Waals surface area contributed by atoms with Crippen molar-refractivity contribution in [3.8, 4) is 0 Å². The van der Waals surface area contributed by atoms with Crippen molar-refractivity contribution in [3.05, 3.63) is 35.4 Å². The quantitative estimate of drug-likeness (QED) is 0.730. The number of aromatic carboxylic acids is 1. The van der Waals surface area contributed by atoms with Gasteiger partial charge in [0.1, 0.15) is 0 Å². The summed E-state index contributed by atoms with van der Waals surface area (Å²) in [6.45, 7) is 2.86. The fourth-order valence-electron chi connectivity index (χ4n) is 3.47. The third-order valence-corrected chi connectivity index (χ3v) is 4.92. The van der Waals surface area contributed by atoms with Crippen molar-refractivity contribution in [2.24, 2.45) is 0 Å². The van der Waals surface area contributed by atoms with Crippen molar-refractivity contribution in [2.75, 3.05) is 33.2 Å². The number of carboxylic acid groups (broad SMARTS) is 1. The van der Waals surface area contributed by atoms with Crippen LogP contribution in [-0.2, 0) is 0 Å². The summed E-state index contributed by atoms with van der Waals surface area (Å²) in [5.41, 5.74) is 0.603. The van der Waals surface area contributed by atoms with E-state index in [1.807, 2.05) is 7.05 Å². The lowest BCUT2D eigenvalue weighted by Gasteiger charge is -2.19. The van der Waals surface area contributed by atoms with E-state index in [2.05, 4.69) is 15.5 Å². The van der Waals surface area contributed by atoms with Crippen LogP contribution in [-0.4, -0.2) is 78.1 Å². The summed E-state index contributed by atoms with van der Waals surface area (Å²) in [6.07, 6.45) is 1.66. The molecule has 2 atom stereocenters. The summed E-state index contributed by atoms with van der Waals surface area (Å²) < 4.78 is 0. The Morgan fingerprint density at radius 3 is 2.12 bits per heavy atom. The molecule has 1 aromatic carbocycles. The van der Waals surface area contributed by atoms with Gasteiger partial charge in [0.2, 0.25) is 0 Å². The zero-order valence-electron chi connectivity index (χ0n) is 14.8. The number of amides is 3. The maximum absolute atomic E-state index is 12.5. The first-order valence-corrected chi connectivity index (χ1v) is 8.80. The van der Waals surface area contributed by atoms with E-state index in [0.717, 1.165) is 19.5 Å². The van der Waals surface area contributed by atoms with Crippen LogP contribution in [0.1, 0.15) is 33.6 Å². The number of carboxylic acids is 1. The Morgan fingerprint density at radius 1 is 0.962 bits per heavy atom. The molecule has 3 amide bonds. The topological polar surface area (TPSA) is 102 Å². The minimum Gasteiger partial charge on any atom is -0.478 e. The van der Waals surface area contributed by atoms with E-state index in [-0.39, 0.29) is 29.6 Å². The number of rotatable bonds is 4. The molecule has 2 heterocycles. The molecule has 0 saturated carbocycles. The fraction of sp³-hybridized carbons (Fsp3) is 0.500. The van der Waals surface area contributed by atoms with Gasteiger partial charge in [-0.05, 0) is 50.7 Å². The SMILES string of the molecule is CN1CC[C@@H](NC(=O)N[C@@H]2CCN(C(=O)c3ccc(C(=O)O)cc3)C2)C1. The monoisotopic (exact) mass is 360 g/mol. The van der Waals surface area contributed by atoms with Crippen molar-refractivity contribution in [1.82, 2.24) is 20.4 Å². The van der Waals surface area contributed by atoms with Gasteiger partial charge in [0.05, 0.1) is 5.56 Å². The van der Waals surface area contributed by atoms with E-state index in [1.165, 1.54) is 24.3 Å². The van der Waals surface area contributed by atoms with Gasteiger partial charge < -0.3 is 25.5 Å². The lowest BCUT2D eigenvalue weighted by atomic mass is 10.1. The molecule has 8 nitrogen and oxygen atoms in total. The Labute approximate surface area is 152 Å². The van der Waals surface area contributed by atoms with E-state index in [4.69, 9.17) is 5.11 Å². The molecule has 0 aliphatic carbocycles. The first-order valence-electron chi connectivity index (χ1n) is 8.80. The predicted octanol–water partition coefficient (Wildman–Crippen LogP) is 0.603. The Hall–Kier alpha value is -2.61. The maximum Gasteiger partial charge on any atom is 0.335 e. The number of hydrogen-bond acceptors (Lipinski definition) is 4. The van der Waals surface area contributed by atoms with Crippen LogP contribution in [0.5, 0.6) is 0 Å². The summed E-state index contributed by atoms with van der Waals surface area (Å²) in [5, 5.41) is 14.8. The highest BCUT2D eigenvalue weighted by molar-refractivity contribution is 5.96. The first kappa shape index (κ1) is 18.2. The molecule has 0 aromatic heterocycles. The summed E-state index contributed by atoms with van der Waals surface area (Å²) in [5.74, 6) is -1.17. The van der Waals surface area contributed by atoms with Crippen LogP contribution in [0.2, 0.25) is 0 Å². The third-order valence-electron chi connectivity index (χ3n) is 4.92. The third kappa shape index (κ3) is 4.32. The molecule has 2 aliphatic heterocycles. The number of carbonyl (C=O) groups excluding carboxylic acids is 2. The van der Waals surface area contributed by atoms with E-state index in [1.54, 1.807) is 4.90 Å². The van der Waals surface area contributed by atoms with Crippen LogP contribution in [0.25, 0.3) is 0 Å². The number of hydrogen-bond donors (Lipinski definition) is 3. The van der Waals surface area contributed by atoms with Gasteiger partial charge in [0.25, 0.3) is 5.91 Å². The molecule has 3 rings (SSSR count). The smallest absolute Gasteiger partial charge is 0.335 e. The highest BCUT2D eigenvalue weighted by Crippen LogP contribution is 2.15. The predicted molar refractivity (Wildman–Crippen MR) is 95.3 cm³/mol. The molecule has 3 N–H and O–H groups in total. The van der Waals surface area contributed by atoms with E-state index in [9.17, 15) is 14.4 Å². The Morgan fingerprint density at radius 2 is 1.54 bits per heavy atom. The zero-order chi connectivity index (χ0) is 18.7. The normalized spacial score (nSPS) is 23.0. The van der Waals surface area contributed by atoms with Crippen molar-refractivity contribution in [3.63, 3.8) is 0 Å². The number of benzene rings is 1. The molecule has 8 heteroatoms. The van der Waals surface area contributed by atoms with Crippen LogP contribution >= 0.6 is 0 Å². The summed E-state index contributed by atoms with van der Waals surface area (Å²) in [6, 6.07) is 5.81. The van der Waals surface area contributed by atoms with Crippen LogP contribution < -0.4 is 10.6 Å². The molecule has 26 heavy (non-hydrogen) atoms. The minimum atomic E-state index is -1.02. The second kappa shape index (κ2) is 7.74. The number of nitrogens with zero attached hydrogens (tertiary/aromatic N) is 2. The lowest BCUT2D eigenvalue weighted by molar-refractivity contribution is 0.0695. The Bertz CT molecular complexity index is 691. The van der Waals surface area contributed by atoms with Gasteiger partial charge >= 0.3 is 12.0 Å². The van der Waals surface area contributed by atoms with Crippen molar-refractivity contribution in [1.29, 1.82) is 0 Å². The van der Waals surface area contributed by atoms with E-state index in [0.29, 0.717) is 25.1 Å². The molecule has 2 fully saturated rings. The van der Waals surface area contributed by atoms with Gasteiger partial charge in [0, 0.05) is 37.3 Å². The van der Waals surface area contributed by atoms with Crippen LogP contribution in [0.4, 0.5) is 4.79 Å². The first-order chi connectivity index (χ1) is 12.4. The molecular weight excluding hydrogens is 336 g/mol. The molecule has 140 valence electrons. The maximum atomic E-state index is 12.5. The zero-order valence-corrected chi connectivity index (χ0v) is 14.8.